The first-order valence-corrected chi connectivity index (χ1v) is 10.1. The number of carbonyl (C=O) groups is 1. The Labute approximate surface area is 118 Å². The van der Waals surface area contributed by atoms with Crippen molar-refractivity contribution >= 4 is 14.3 Å². The van der Waals surface area contributed by atoms with Gasteiger partial charge in [-0.15, -0.1) is 0 Å². The maximum Gasteiger partial charge on any atom is 0.330 e. The molecule has 0 aliphatic heterocycles. The molecule has 1 rings (SSSR count). The van der Waals surface area contributed by atoms with E-state index >= 15 is 0 Å². The van der Waals surface area contributed by atoms with Crippen LogP contribution < -0.4 is 0 Å². The van der Waals surface area contributed by atoms with Crippen LogP contribution in [0.25, 0.3) is 0 Å². The van der Waals surface area contributed by atoms with Crippen LogP contribution in [0.5, 0.6) is 0 Å². The smallest absolute Gasteiger partial charge is 0.330 e. The Morgan fingerprint density at radius 2 is 2.05 bits per heavy atom. The summed E-state index contributed by atoms with van der Waals surface area (Å²) in [6.07, 6.45) is 3.79. The molecule has 110 valence electrons. The molecule has 1 saturated carbocycles. The van der Waals surface area contributed by atoms with Crippen LogP contribution in [0.15, 0.2) is 11.6 Å². The Hall–Kier alpha value is -0.613. The van der Waals surface area contributed by atoms with E-state index in [2.05, 4.69) is 33.9 Å². The highest BCUT2D eigenvalue weighted by molar-refractivity contribution is 6.74. The van der Waals surface area contributed by atoms with Crippen molar-refractivity contribution in [2.45, 2.75) is 58.7 Å². The molecule has 0 radical (unpaired) electrons. The van der Waals surface area contributed by atoms with Crippen LogP contribution in [0.1, 0.15) is 40.5 Å². The van der Waals surface area contributed by atoms with Gasteiger partial charge in [-0.25, -0.2) is 4.79 Å². The fraction of sp³-hybridized carbons (Fsp3) is 0.800. The second-order valence-electron chi connectivity index (χ2n) is 6.78. The van der Waals surface area contributed by atoms with Gasteiger partial charge in [-0.05, 0) is 37.9 Å². The first kappa shape index (κ1) is 16.4. The molecule has 1 aliphatic rings. The topological polar surface area (TPSA) is 35.5 Å². The second kappa shape index (κ2) is 6.22. The summed E-state index contributed by atoms with van der Waals surface area (Å²) in [5.41, 5.74) is 1.19. The quantitative estimate of drug-likeness (QED) is 0.436. The standard InChI is InChI=1S/C15H28O3Si/c1-7-17-14(16)10-12-8-9-13(12)11-18-19(5,6)15(2,3)4/h10,13H,7-9,11H2,1-6H3/b12-10-. The predicted molar refractivity (Wildman–Crippen MR) is 80.6 cm³/mol. The summed E-state index contributed by atoms with van der Waals surface area (Å²) in [6, 6.07) is 0. The highest BCUT2D eigenvalue weighted by Gasteiger charge is 2.38. The van der Waals surface area contributed by atoms with E-state index in [-0.39, 0.29) is 11.0 Å². The summed E-state index contributed by atoms with van der Waals surface area (Å²) in [4.78, 5) is 11.4. The van der Waals surface area contributed by atoms with Crippen LogP contribution in [-0.4, -0.2) is 27.5 Å². The Balaban J connectivity index is 2.49. The van der Waals surface area contributed by atoms with Gasteiger partial charge in [0.1, 0.15) is 0 Å². The third kappa shape index (κ3) is 4.46. The molecule has 0 saturated heterocycles. The Bertz CT molecular complexity index is 353. The number of ether oxygens (including phenoxy) is 1. The zero-order valence-corrected chi connectivity index (χ0v) is 14.2. The number of carbonyl (C=O) groups excluding carboxylic acids is 1. The average molecular weight is 284 g/mol. The van der Waals surface area contributed by atoms with E-state index in [0.29, 0.717) is 12.5 Å². The fourth-order valence-electron chi connectivity index (χ4n) is 1.76. The first-order valence-electron chi connectivity index (χ1n) is 7.18. The number of hydrogen-bond acceptors (Lipinski definition) is 3. The van der Waals surface area contributed by atoms with Crippen molar-refractivity contribution in [1.82, 2.24) is 0 Å². The van der Waals surface area contributed by atoms with Crippen LogP contribution >= 0.6 is 0 Å². The number of esters is 1. The molecule has 0 amide bonds. The van der Waals surface area contributed by atoms with Gasteiger partial charge in [0.2, 0.25) is 0 Å². The molecular formula is C15H28O3Si. The summed E-state index contributed by atoms with van der Waals surface area (Å²) in [5, 5.41) is 0.238. The van der Waals surface area contributed by atoms with E-state index in [0.717, 1.165) is 19.4 Å². The molecule has 0 aromatic heterocycles. The van der Waals surface area contributed by atoms with Gasteiger partial charge in [0.05, 0.1) is 6.61 Å². The first-order chi connectivity index (χ1) is 8.67. The summed E-state index contributed by atoms with van der Waals surface area (Å²) in [7, 11) is -1.68. The van der Waals surface area contributed by atoms with Crippen molar-refractivity contribution in [3.8, 4) is 0 Å². The molecule has 0 N–H and O–H groups in total. The monoisotopic (exact) mass is 284 g/mol. The Morgan fingerprint density at radius 3 is 2.47 bits per heavy atom. The normalized spacial score (nSPS) is 22.2. The largest absolute Gasteiger partial charge is 0.463 e. The second-order valence-corrected chi connectivity index (χ2v) is 11.6. The summed E-state index contributed by atoms with van der Waals surface area (Å²) < 4.78 is 11.2. The minimum atomic E-state index is -1.68. The molecule has 19 heavy (non-hydrogen) atoms. The van der Waals surface area contributed by atoms with Crippen LogP contribution in [0.2, 0.25) is 18.1 Å². The van der Waals surface area contributed by atoms with E-state index in [4.69, 9.17) is 9.16 Å². The lowest BCUT2D eigenvalue weighted by Crippen LogP contribution is -2.42. The Kier molecular flexibility index (Phi) is 5.39. The van der Waals surface area contributed by atoms with Crippen molar-refractivity contribution in [3.63, 3.8) is 0 Å². The molecule has 0 spiro atoms. The third-order valence-corrected chi connectivity index (χ3v) is 8.85. The summed E-state index contributed by atoms with van der Waals surface area (Å²) in [6.45, 7) is 14.3. The van der Waals surface area contributed by atoms with Crippen molar-refractivity contribution in [2.75, 3.05) is 13.2 Å². The van der Waals surface area contributed by atoms with Gasteiger partial charge < -0.3 is 9.16 Å². The lowest BCUT2D eigenvalue weighted by molar-refractivity contribution is -0.137. The van der Waals surface area contributed by atoms with E-state index in [1.807, 2.05) is 6.92 Å². The van der Waals surface area contributed by atoms with Gasteiger partial charge in [-0.1, -0.05) is 26.3 Å². The minimum absolute atomic E-state index is 0.213. The lowest BCUT2D eigenvalue weighted by atomic mass is 9.80. The van der Waals surface area contributed by atoms with Gasteiger partial charge in [0, 0.05) is 18.6 Å². The van der Waals surface area contributed by atoms with Gasteiger partial charge in [-0.2, -0.15) is 0 Å². The number of rotatable bonds is 5. The molecule has 1 aliphatic carbocycles. The average Bonchev–Trinajstić information content (AvgIpc) is 2.23. The molecule has 3 nitrogen and oxygen atoms in total. The van der Waals surface area contributed by atoms with E-state index in [1.54, 1.807) is 6.08 Å². The van der Waals surface area contributed by atoms with Crippen LogP contribution in [0.3, 0.4) is 0 Å². The molecule has 1 unspecified atom stereocenters. The zero-order valence-electron chi connectivity index (χ0n) is 13.2. The highest BCUT2D eigenvalue weighted by Crippen LogP contribution is 2.39. The lowest BCUT2D eigenvalue weighted by Gasteiger charge is -2.39. The molecule has 1 atom stereocenters. The van der Waals surface area contributed by atoms with Gasteiger partial charge in [0.25, 0.3) is 0 Å². The third-order valence-electron chi connectivity index (χ3n) is 4.35. The summed E-state index contributed by atoms with van der Waals surface area (Å²) in [5.74, 6) is 0.202. The van der Waals surface area contributed by atoms with Gasteiger partial charge in [0.15, 0.2) is 8.32 Å². The van der Waals surface area contributed by atoms with Crippen molar-refractivity contribution in [2.24, 2.45) is 5.92 Å². The van der Waals surface area contributed by atoms with Gasteiger partial charge >= 0.3 is 5.97 Å². The van der Waals surface area contributed by atoms with Crippen LogP contribution in [0, 0.1) is 5.92 Å². The molecule has 0 aromatic rings. The summed E-state index contributed by atoms with van der Waals surface area (Å²) >= 11 is 0. The molecule has 1 fully saturated rings. The van der Waals surface area contributed by atoms with Crippen LogP contribution in [0.4, 0.5) is 0 Å². The van der Waals surface area contributed by atoms with E-state index in [1.165, 1.54) is 5.57 Å². The predicted octanol–water partition coefficient (Wildman–Crippen LogP) is 3.91. The number of hydrogen-bond donors (Lipinski definition) is 0. The highest BCUT2D eigenvalue weighted by atomic mass is 28.4. The molecule has 4 heteroatoms. The SMILES string of the molecule is CCOC(=O)/C=C1/CCC1CO[Si](C)(C)C(C)(C)C. The fourth-order valence-corrected chi connectivity index (χ4v) is 2.81. The van der Waals surface area contributed by atoms with Gasteiger partial charge in [-0.3, -0.25) is 0 Å². The van der Waals surface area contributed by atoms with E-state index < -0.39 is 8.32 Å². The molecular weight excluding hydrogens is 256 g/mol. The van der Waals surface area contributed by atoms with Crippen molar-refractivity contribution < 1.29 is 14.0 Å². The van der Waals surface area contributed by atoms with Crippen molar-refractivity contribution in [1.29, 1.82) is 0 Å². The maximum atomic E-state index is 11.4. The zero-order chi connectivity index (χ0) is 14.7. The van der Waals surface area contributed by atoms with E-state index in [9.17, 15) is 4.79 Å². The Morgan fingerprint density at radius 1 is 1.42 bits per heavy atom. The maximum absolute atomic E-state index is 11.4. The molecule has 0 aromatic carbocycles. The molecule has 0 heterocycles. The molecule has 0 bridgehead atoms. The van der Waals surface area contributed by atoms with Crippen LogP contribution in [-0.2, 0) is 14.0 Å². The minimum Gasteiger partial charge on any atom is -0.463 e. The van der Waals surface area contributed by atoms with Crippen molar-refractivity contribution in [3.05, 3.63) is 11.6 Å².